The van der Waals surface area contributed by atoms with Gasteiger partial charge >= 0.3 is 14.2 Å². The van der Waals surface area contributed by atoms with Crippen LogP contribution in [0.25, 0.3) is 0 Å². The summed E-state index contributed by atoms with van der Waals surface area (Å²) in [7, 11) is -0.328. The Morgan fingerprint density at radius 3 is 2.26 bits per heavy atom. The molecule has 2 heterocycles. The zero-order chi connectivity index (χ0) is 23.6. The zero-order valence-electron chi connectivity index (χ0n) is 21.1. The molecule has 34 heavy (non-hydrogen) atoms. The van der Waals surface area contributed by atoms with Gasteiger partial charge in [0.2, 0.25) is 0 Å². The van der Waals surface area contributed by atoms with Crippen molar-refractivity contribution in [3.05, 3.63) is 24.3 Å². The van der Waals surface area contributed by atoms with E-state index >= 15 is 0 Å². The number of hydrogen-bond acceptors (Lipinski definition) is 6. The van der Waals surface area contributed by atoms with E-state index in [4.69, 9.17) is 23.4 Å². The number of rotatable bonds is 9. The SMILES string of the molecule is CC12CC1(C)OB(c1ccccc1SCCCCOC1CCCCC1B1OC3(C)CC3(C)O1)O2. The van der Waals surface area contributed by atoms with Gasteiger partial charge in [-0.3, -0.25) is 0 Å². The zero-order valence-corrected chi connectivity index (χ0v) is 22.0. The van der Waals surface area contributed by atoms with Crippen molar-refractivity contribution in [1.82, 2.24) is 0 Å². The molecule has 0 amide bonds. The highest BCUT2D eigenvalue weighted by atomic mass is 32.2. The fourth-order valence-electron chi connectivity index (χ4n) is 6.27. The predicted octanol–water partition coefficient (Wildman–Crippen LogP) is 5.01. The quantitative estimate of drug-likeness (QED) is 0.279. The maximum atomic E-state index is 6.41. The Bertz CT molecular complexity index is 904. The molecule has 0 N–H and O–H groups in total. The number of ether oxygens (including phenoxy) is 1. The minimum atomic E-state index is -0.241. The second kappa shape index (κ2) is 8.53. The van der Waals surface area contributed by atoms with Crippen molar-refractivity contribution in [3.63, 3.8) is 0 Å². The average molecular weight is 484 g/mol. The summed E-state index contributed by atoms with van der Waals surface area (Å²) < 4.78 is 31.6. The van der Waals surface area contributed by atoms with Gasteiger partial charge in [-0.05, 0) is 70.7 Å². The Labute approximate surface area is 209 Å². The molecule has 3 saturated carbocycles. The lowest BCUT2D eigenvalue weighted by Gasteiger charge is -2.33. The summed E-state index contributed by atoms with van der Waals surface area (Å²) in [5.41, 5.74) is 0.790. The van der Waals surface area contributed by atoms with Gasteiger partial charge in [0.15, 0.2) is 0 Å². The van der Waals surface area contributed by atoms with Gasteiger partial charge in [-0.2, -0.15) is 0 Å². The van der Waals surface area contributed by atoms with E-state index < -0.39 is 0 Å². The molecule has 3 aliphatic carbocycles. The summed E-state index contributed by atoms with van der Waals surface area (Å²) in [6.07, 6.45) is 9.26. The molecule has 0 spiro atoms. The van der Waals surface area contributed by atoms with Gasteiger partial charge in [0.25, 0.3) is 0 Å². The van der Waals surface area contributed by atoms with Gasteiger partial charge < -0.3 is 23.4 Å². The van der Waals surface area contributed by atoms with Crippen molar-refractivity contribution in [3.8, 4) is 0 Å². The molecule has 6 unspecified atom stereocenters. The third-order valence-corrected chi connectivity index (χ3v) is 10.4. The normalized spacial score (nSPS) is 42.6. The van der Waals surface area contributed by atoms with Gasteiger partial charge in [-0.25, -0.2) is 0 Å². The predicted molar refractivity (Wildman–Crippen MR) is 137 cm³/mol. The maximum absolute atomic E-state index is 6.41. The molecule has 2 aliphatic heterocycles. The molecule has 0 radical (unpaired) electrons. The van der Waals surface area contributed by atoms with Crippen molar-refractivity contribution in [2.24, 2.45) is 0 Å². The van der Waals surface area contributed by atoms with Crippen LogP contribution in [0.15, 0.2) is 29.2 Å². The second-order valence-corrected chi connectivity index (χ2v) is 13.0. The van der Waals surface area contributed by atoms with Crippen molar-refractivity contribution in [2.45, 2.75) is 118 Å². The highest BCUT2D eigenvalue weighted by molar-refractivity contribution is 7.99. The fourth-order valence-corrected chi connectivity index (χ4v) is 7.34. The van der Waals surface area contributed by atoms with Crippen LogP contribution >= 0.6 is 11.8 Å². The first-order valence-corrected chi connectivity index (χ1v) is 14.3. The first-order valence-electron chi connectivity index (χ1n) is 13.3. The van der Waals surface area contributed by atoms with Crippen LogP contribution in [0.2, 0.25) is 5.82 Å². The maximum Gasteiger partial charge on any atom is 0.496 e. The highest BCUT2D eigenvalue weighted by Gasteiger charge is 2.72. The molecule has 6 atom stereocenters. The van der Waals surface area contributed by atoms with Gasteiger partial charge in [-0.15, -0.1) is 11.8 Å². The lowest BCUT2D eigenvalue weighted by Crippen LogP contribution is -2.38. The van der Waals surface area contributed by atoms with Crippen LogP contribution in [0.4, 0.5) is 0 Å². The van der Waals surface area contributed by atoms with Crippen LogP contribution in [0, 0.1) is 0 Å². The summed E-state index contributed by atoms with van der Waals surface area (Å²) in [6.45, 7) is 9.52. The number of hydrogen-bond donors (Lipinski definition) is 0. The largest absolute Gasteiger partial charge is 0.496 e. The summed E-state index contributed by atoms with van der Waals surface area (Å²) in [5.74, 6) is 1.44. The Morgan fingerprint density at radius 1 is 0.882 bits per heavy atom. The Hall–Kier alpha value is -0.500. The standard InChI is InChI=1S/C26H38B2O5S/c1-23-17-24(23,2)31-27(30-23)19-11-5-7-13-21(19)29-15-9-10-16-34-22-14-8-6-12-20(22)28-32-25(3)18-26(25,4)33-28/h6,8,12,14,19,21H,5,7,9-11,13,15-18H2,1-4H3. The highest BCUT2D eigenvalue weighted by Crippen LogP contribution is 2.60. The number of thioether (sulfide) groups is 1. The third-order valence-electron chi connectivity index (χ3n) is 9.23. The van der Waals surface area contributed by atoms with Crippen LogP contribution in [-0.4, -0.2) is 55.1 Å². The topological polar surface area (TPSA) is 46.2 Å². The first kappa shape index (κ1) is 23.9. The summed E-state index contributed by atoms with van der Waals surface area (Å²) in [5, 5.41) is 0. The van der Waals surface area contributed by atoms with E-state index in [0.29, 0.717) is 5.82 Å². The molecule has 184 valence electrons. The summed E-state index contributed by atoms with van der Waals surface area (Å²) in [4.78, 5) is 1.27. The lowest BCUT2D eigenvalue weighted by molar-refractivity contribution is 0.0170. The molecule has 8 heteroatoms. The molecule has 2 saturated heterocycles. The first-order chi connectivity index (χ1) is 16.2. The minimum absolute atomic E-state index is 0.0718. The van der Waals surface area contributed by atoms with E-state index in [9.17, 15) is 0 Å². The van der Waals surface area contributed by atoms with Crippen LogP contribution in [0.1, 0.15) is 79.1 Å². The number of benzene rings is 1. The molecule has 0 aromatic heterocycles. The number of unbranched alkanes of at least 4 members (excludes halogenated alkanes) is 1. The van der Waals surface area contributed by atoms with Gasteiger partial charge in [0, 0.05) is 30.2 Å². The Morgan fingerprint density at radius 2 is 1.53 bits per heavy atom. The van der Waals surface area contributed by atoms with E-state index in [1.807, 2.05) is 11.8 Å². The molecule has 6 rings (SSSR count). The molecule has 1 aromatic rings. The molecule has 5 aliphatic rings. The van der Waals surface area contributed by atoms with Crippen molar-refractivity contribution in [1.29, 1.82) is 0 Å². The Kier molecular flexibility index (Phi) is 5.99. The van der Waals surface area contributed by atoms with Crippen molar-refractivity contribution >= 4 is 31.5 Å². The van der Waals surface area contributed by atoms with Crippen molar-refractivity contribution < 1.29 is 23.4 Å². The summed E-state index contributed by atoms with van der Waals surface area (Å²) in [6, 6.07) is 8.53. The van der Waals surface area contributed by atoms with Gasteiger partial charge in [0.05, 0.1) is 28.5 Å². The molecular weight excluding hydrogens is 446 g/mol. The number of fused-ring (bicyclic) bond motifs is 2. The minimum Gasteiger partial charge on any atom is -0.403 e. The smallest absolute Gasteiger partial charge is 0.403 e. The van der Waals surface area contributed by atoms with Crippen LogP contribution in [0.3, 0.4) is 0 Å². The monoisotopic (exact) mass is 484 g/mol. The van der Waals surface area contributed by atoms with Crippen molar-refractivity contribution in [2.75, 3.05) is 12.4 Å². The van der Waals surface area contributed by atoms with E-state index in [0.717, 1.165) is 50.9 Å². The Balaban J connectivity index is 0.948. The van der Waals surface area contributed by atoms with Gasteiger partial charge in [0.1, 0.15) is 0 Å². The second-order valence-electron chi connectivity index (χ2n) is 11.9. The van der Waals surface area contributed by atoms with E-state index in [2.05, 4.69) is 52.0 Å². The average Bonchev–Trinajstić information content (AvgIpc) is 3.43. The van der Waals surface area contributed by atoms with Crippen LogP contribution < -0.4 is 5.46 Å². The van der Waals surface area contributed by atoms with E-state index in [-0.39, 0.29) is 42.7 Å². The molecule has 5 fully saturated rings. The lowest BCUT2D eigenvalue weighted by atomic mass is 9.62. The third kappa shape index (κ3) is 4.10. The fraction of sp³-hybridized carbons (Fsp3) is 0.769. The van der Waals surface area contributed by atoms with E-state index in [1.165, 1.54) is 23.2 Å². The molecule has 5 nitrogen and oxygen atoms in total. The van der Waals surface area contributed by atoms with Crippen LogP contribution in [-0.2, 0) is 23.4 Å². The van der Waals surface area contributed by atoms with Crippen LogP contribution in [0.5, 0.6) is 0 Å². The molecule has 1 aromatic carbocycles. The summed E-state index contributed by atoms with van der Waals surface area (Å²) >= 11 is 1.90. The molecular formula is C26H38B2O5S. The van der Waals surface area contributed by atoms with Gasteiger partial charge in [-0.1, -0.05) is 31.0 Å². The molecule has 0 bridgehead atoms. The van der Waals surface area contributed by atoms with E-state index in [1.54, 1.807) is 0 Å².